The quantitative estimate of drug-likeness (QED) is 0.632. The highest BCUT2D eigenvalue weighted by atomic mass is 16.1. The summed E-state index contributed by atoms with van der Waals surface area (Å²) < 4.78 is 0. The summed E-state index contributed by atoms with van der Waals surface area (Å²) in [7, 11) is 0. The van der Waals surface area contributed by atoms with Crippen molar-refractivity contribution in [3.63, 3.8) is 0 Å². The van der Waals surface area contributed by atoms with Crippen LogP contribution >= 0.6 is 0 Å². The topological polar surface area (TPSA) is 17.1 Å². The molecule has 1 heteroatoms. The van der Waals surface area contributed by atoms with E-state index in [1.54, 1.807) is 6.92 Å². The standard InChI is InChI=1S/C11H22O/c1-7-11(8(2)3,9(4)5)10(6)12/h8-9H,7H2,1-6H3. The summed E-state index contributed by atoms with van der Waals surface area (Å²) in [5, 5.41) is 0. The molecule has 0 spiro atoms. The summed E-state index contributed by atoms with van der Waals surface area (Å²) in [5.41, 5.74) is -0.0972. The summed E-state index contributed by atoms with van der Waals surface area (Å²) in [4.78, 5) is 11.6. The maximum absolute atomic E-state index is 11.6. The van der Waals surface area contributed by atoms with E-state index in [1.165, 1.54) is 0 Å². The molecule has 0 aliphatic heterocycles. The molecule has 0 saturated heterocycles. The molecule has 0 aliphatic rings. The van der Waals surface area contributed by atoms with Gasteiger partial charge in [0.2, 0.25) is 0 Å². The summed E-state index contributed by atoms with van der Waals surface area (Å²) in [6, 6.07) is 0. The van der Waals surface area contributed by atoms with Gasteiger partial charge in [0.15, 0.2) is 0 Å². The number of carbonyl (C=O) groups excluding carboxylic acids is 1. The normalized spacial score (nSPS) is 12.7. The summed E-state index contributed by atoms with van der Waals surface area (Å²) in [6.45, 7) is 12.4. The van der Waals surface area contributed by atoms with E-state index in [0.717, 1.165) is 6.42 Å². The number of rotatable bonds is 4. The zero-order valence-corrected chi connectivity index (χ0v) is 9.27. The predicted octanol–water partition coefficient (Wildman–Crippen LogP) is 3.28. The van der Waals surface area contributed by atoms with Crippen LogP contribution in [0.25, 0.3) is 0 Å². The second-order valence-corrected chi connectivity index (χ2v) is 4.26. The maximum Gasteiger partial charge on any atom is 0.136 e. The molecule has 0 amide bonds. The zero-order chi connectivity index (χ0) is 9.94. The fourth-order valence-corrected chi connectivity index (χ4v) is 2.55. The van der Waals surface area contributed by atoms with Crippen LogP contribution in [-0.4, -0.2) is 5.78 Å². The van der Waals surface area contributed by atoms with Crippen molar-refractivity contribution in [3.05, 3.63) is 0 Å². The molecule has 0 fully saturated rings. The molecule has 0 radical (unpaired) electrons. The minimum atomic E-state index is -0.0972. The van der Waals surface area contributed by atoms with Gasteiger partial charge in [0, 0.05) is 5.41 Å². The molecule has 0 aliphatic carbocycles. The number of ketones is 1. The molecule has 0 bridgehead atoms. The highest BCUT2D eigenvalue weighted by Gasteiger charge is 2.39. The average molecular weight is 170 g/mol. The van der Waals surface area contributed by atoms with Crippen molar-refractivity contribution >= 4 is 5.78 Å². The lowest BCUT2D eigenvalue weighted by Gasteiger charge is -2.38. The van der Waals surface area contributed by atoms with Gasteiger partial charge in [-0.05, 0) is 25.2 Å². The molecule has 0 aromatic heterocycles. The van der Waals surface area contributed by atoms with Gasteiger partial charge in [-0.25, -0.2) is 0 Å². The van der Waals surface area contributed by atoms with Crippen LogP contribution in [0, 0.1) is 17.3 Å². The van der Waals surface area contributed by atoms with Crippen molar-refractivity contribution in [2.24, 2.45) is 17.3 Å². The van der Waals surface area contributed by atoms with Crippen LogP contribution in [-0.2, 0) is 4.79 Å². The largest absolute Gasteiger partial charge is 0.299 e. The van der Waals surface area contributed by atoms with Crippen LogP contribution in [0.3, 0.4) is 0 Å². The first-order valence-electron chi connectivity index (χ1n) is 4.90. The van der Waals surface area contributed by atoms with E-state index in [4.69, 9.17) is 0 Å². The van der Waals surface area contributed by atoms with E-state index < -0.39 is 0 Å². The van der Waals surface area contributed by atoms with Crippen LogP contribution in [0.5, 0.6) is 0 Å². The minimum Gasteiger partial charge on any atom is -0.299 e. The molecular formula is C11H22O. The van der Waals surface area contributed by atoms with Gasteiger partial charge in [-0.3, -0.25) is 4.79 Å². The molecule has 0 aromatic carbocycles. The predicted molar refractivity (Wildman–Crippen MR) is 53.1 cm³/mol. The Balaban J connectivity index is 4.90. The fraction of sp³-hybridized carbons (Fsp3) is 0.909. The Hall–Kier alpha value is -0.330. The van der Waals surface area contributed by atoms with Crippen LogP contribution in [0.15, 0.2) is 0 Å². The van der Waals surface area contributed by atoms with Crippen LogP contribution < -0.4 is 0 Å². The van der Waals surface area contributed by atoms with E-state index in [2.05, 4.69) is 34.6 Å². The van der Waals surface area contributed by atoms with Crippen molar-refractivity contribution in [2.75, 3.05) is 0 Å². The second kappa shape index (κ2) is 4.06. The lowest BCUT2D eigenvalue weighted by Crippen LogP contribution is -2.39. The Morgan fingerprint density at radius 1 is 1.17 bits per heavy atom. The van der Waals surface area contributed by atoms with Crippen LogP contribution in [0.2, 0.25) is 0 Å². The van der Waals surface area contributed by atoms with E-state index in [0.29, 0.717) is 17.6 Å². The van der Waals surface area contributed by atoms with Crippen molar-refractivity contribution in [1.29, 1.82) is 0 Å². The molecule has 72 valence electrons. The molecule has 0 heterocycles. The Morgan fingerprint density at radius 3 is 1.50 bits per heavy atom. The Bertz CT molecular complexity index is 148. The maximum atomic E-state index is 11.6. The lowest BCUT2D eigenvalue weighted by molar-refractivity contribution is -0.132. The van der Waals surface area contributed by atoms with E-state index in [-0.39, 0.29) is 5.41 Å². The number of hydrogen-bond acceptors (Lipinski definition) is 1. The first-order chi connectivity index (χ1) is 5.39. The van der Waals surface area contributed by atoms with E-state index in [9.17, 15) is 4.79 Å². The van der Waals surface area contributed by atoms with Gasteiger partial charge in [0.05, 0.1) is 0 Å². The first-order valence-corrected chi connectivity index (χ1v) is 4.90. The number of carbonyl (C=O) groups is 1. The minimum absolute atomic E-state index is 0.0972. The summed E-state index contributed by atoms with van der Waals surface area (Å²) in [6.07, 6.45) is 0.956. The Labute approximate surface area is 76.6 Å². The summed E-state index contributed by atoms with van der Waals surface area (Å²) in [5.74, 6) is 1.23. The van der Waals surface area contributed by atoms with E-state index >= 15 is 0 Å². The molecule has 0 rings (SSSR count). The van der Waals surface area contributed by atoms with Gasteiger partial charge in [-0.15, -0.1) is 0 Å². The lowest BCUT2D eigenvalue weighted by atomic mass is 9.65. The molecule has 1 nitrogen and oxygen atoms in total. The van der Waals surface area contributed by atoms with Gasteiger partial charge in [-0.2, -0.15) is 0 Å². The molecule has 0 saturated carbocycles. The Kier molecular flexibility index (Phi) is 3.95. The molecule has 0 N–H and O–H groups in total. The first kappa shape index (κ1) is 11.7. The number of hydrogen-bond donors (Lipinski definition) is 0. The van der Waals surface area contributed by atoms with Gasteiger partial charge >= 0.3 is 0 Å². The van der Waals surface area contributed by atoms with Gasteiger partial charge in [0.1, 0.15) is 5.78 Å². The highest BCUT2D eigenvalue weighted by molar-refractivity contribution is 5.82. The fourth-order valence-electron chi connectivity index (χ4n) is 2.55. The molecule has 0 atom stereocenters. The highest BCUT2D eigenvalue weighted by Crippen LogP contribution is 2.39. The van der Waals surface area contributed by atoms with E-state index in [1.807, 2.05) is 0 Å². The van der Waals surface area contributed by atoms with Crippen molar-refractivity contribution in [1.82, 2.24) is 0 Å². The molecule has 0 unspecified atom stereocenters. The smallest absolute Gasteiger partial charge is 0.136 e. The van der Waals surface area contributed by atoms with Crippen LogP contribution in [0.4, 0.5) is 0 Å². The van der Waals surface area contributed by atoms with Crippen LogP contribution in [0.1, 0.15) is 48.0 Å². The third-order valence-electron chi connectivity index (χ3n) is 3.30. The second-order valence-electron chi connectivity index (χ2n) is 4.26. The molecule has 12 heavy (non-hydrogen) atoms. The Morgan fingerprint density at radius 2 is 1.50 bits per heavy atom. The van der Waals surface area contributed by atoms with Gasteiger partial charge < -0.3 is 0 Å². The third kappa shape index (κ3) is 1.70. The zero-order valence-electron chi connectivity index (χ0n) is 9.27. The summed E-state index contributed by atoms with van der Waals surface area (Å²) >= 11 is 0. The molecule has 0 aromatic rings. The van der Waals surface area contributed by atoms with Gasteiger partial charge in [-0.1, -0.05) is 34.6 Å². The molecular weight excluding hydrogens is 148 g/mol. The van der Waals surface area contributed by atoms with Crippen molar-refractivity contribution in [3.8, 4) is 0 Å². The SMILES string of the molecule is CCC(C(C)=O)(C(C)C)C(C)C. The third-order valence-corrected chi connectivity index (χ3v) is 3.30. The number of Topliss-reactive ketones (excluding diaryl/α,β-unsaturated/α-hetero) is 1. The van der Waals surface area contributed by atoms with Crippen molar-refractivity contribution in [2.45, 2.75) is 48.0 Å². The average Bonchev–Trinajstić information content (AvgIpc) is 1.86. The van der Waals surface area contributed by atoms with Gasteiger partial charge in [0.25, 0.3) is 0 Å². The van der Waals surface area contributed by atoms with Crippen molar-refractivity contribution < 1.29 is 4.79 Å². The monoisotopic (exact) mass is 170 g/mol.